The van der Waals surface area contributed by atoms with Gasteiger partial charge in [0, 0.05) is 5.69 Å². The molecule has 0 aliphatic rings. The van der Waals surface area contributed by atoms with Crippen molar-refractivity contribution < 1.29 is 10.9 Å². The van der Waals surface area contributed by atoms with Crippen LogP contribution in [0.15, 0.2) is 24.3 Å². The second-order valence-electron chi connectivity index (χ2n) is 2.11. The van der Waals surface area contributed by atoms with Crippen LogP contribution in [0, 0.1) is 0 Å². The number of carbonyl (C=O) groups is 1. The molecule has 0 saturated heterocycles. The van der Waals surface area contributed by atoms with Gasteiger partial charge in [0.25, 0.3) is 6.45 Å². The number of carbonyl (C=O) groups excluding carboxylic acids is 1. The Morgan fingerprint density at radius 3 is 2.73 bits per heavy atom. The fraction of sp³-hybridized carbons (Fsp3) is 0.125. The lowest BCUT2D eigenvalue weighted by Crippen LogP contribution is -1.90. The van der Waals surface area contributed by atoms with E-state index in [1.165, 1.54) is 0 Å². The van der Waals surface area contributed by atoms with Crippen LogP contribution in [0.3, 0.4) is 0 Å². The molecular formula is C8H9NO2. The summed E-state index contributed by atoms with van der Waals surface area (Å²) in [7, 11) is 0. The van der Waals surface area contributed by atoms with Crippen molar-refractivity contribution in [2.75, 3.05) is 5.73 Å². The van der Waals surface area contributed by atoms with Crippen molar-refractivity contribution >= 4 is 12.1 Å². The van der Waals surface area contributed by atoms with Crippen LogP contribution in [0.5, 0.6) is 0 Å². The predicted molar refractivity (Wildman–Crippen MR) is 41.7 cm³/mol. The maximum Gasteiger partial charge on any atom is 0.293 e. The van der Waals surface area contributed by atoms with E-state index in [9.17, 15) is 4.79 Å². The molecule has 11 heavy (non-hydrogen) atoms. The zero-order valence-corrected chi connectivity index (χ0v) is 5.91. The van der Waals surface area contributed by atoms with Gasteiger partial charge >= 0.3 is 0 Å². The van der Waals surface area contributed by atoms with Crippen molar-refractivity contribution in [1.82, 2.24) is 0 Å². The Kier molecular flexibility index (Phi) is 2.04. The zero-order valence-electron chi connectivity index (χ0n) is 6.91. The van der Waals surface area contributed by atoms with E-state index in [0.717, 1.165) is 5.56 Å². The zero-order chi connectivity index (χ0) is 8.97. The van der Waals surface area contributed by atoms with Gasteiger partial charge in [0.15, 0.2) is 1.37 Å². The minimum atomic E-state index is -1.02. The molecule has 3 nitrogen and oxygen atoms in total. The molecule has 1 aromatic carbocycles. The summed E-state index contributed by atoms with van der Waals surface area (Å²) in [5.41, 5.74) is 6.92. The lowest BCUT2D eigenvalue weighted by molar-refractivity contribution is -0.129. The molecule has 0 fully saturated rings. The molecule has 0 amide bonds. The van der Waals surface area contributed by atoms with Crippen molar-refractivity contribution in [2.45, 2.75) is 6.61 Å². The van der Waals surface area contributed by atoms with Crippen LogP contribution in [-0.2, 0) is 16.1 Å². The van der Waals surface area contributed by atoms with Gasteiger partial charge in [-0.1, -0.05) is 12.1 Å². The van der Waals surface area contributed by atoms with Gasteiger partial charge in [-0.05, 0) is 17.7 Å². The van der Waals surface area contributed by atoms with E-state index in [1.807, 2.05) is 0 Å². The standard InChI is InChI=1S/C8H9NO2/c9-8-3-1-7(2-4-8)5-11-6-10/h1-4,6H,5,9H2/i6D. The van der Waals surface area contributed by atoms with Gasteiger partial charge in [0.05, 0.1) is 0 Å². The quantitative estimate of drug-likeness (QED) is 0.507. The van der Waals surface area contributed by atoms with E-state index < -0.39 is 6.45 Å². The number of anilines is 1. The molecule has 0 aliphatic heterocycles. The molecule has 0 bridgehead atoms. The first-order valence-corrected chi connectivity index (χ1v) is 3.16. The molecule has 0 radical (unpaired) electrons. The Labute approximate surface area is 66.2 Å². The third-order valence-corrected chi connectivity index (χ3v) is 1.28. The smallest absolute Gasteiger partial charge is 0.293 e. The summed E-state index contributed by atoms with van der Waals surface area (Å²) in [4.78, 5) is 10.1. The van der Waals surface area contributed by atoms with Crippen LogP contribution in [-0.4, -0.2) is 6.45 Å². The van der Waals surface area contributed by atoms with E-state index in [1.54, 1.807) is 24.3 Å². The first-order valence-electron chi connectivity index (χ1n) is 3.66. The SMILES string of the molecule is [2H]C(=O)OCc1ccc(N)cc1. The van der Waals surface area contributed by atoms with E-state index in [-0.39, 0.29) is 6.61 Å². The minimum Gasteiger partial charge on any atom is -0.463 e. The molecule has 3 heteroatoms. The molecule has 0 atom stereocenters. The maximum atomic E-state index is 10.1. The van der Waals surface area contributed by atoms with Crippen LogP contribution >= 0.6 is 0 Å². The number of nitrogen functional groups attached to an aromatic ring is 1. The molecular weight excluding hydrogens is 142 g/mol. The van der Waals surface area contributed by atoms with Gasteiger partial charge in [-0.3, -0.25) is 4.79 Å². The second-order valence-corrected chi connectivity index (χ2v) is 2.11. The third-order valence-electron chi connectivity index (χ3n) is 1.28. The average Bonchev–Trinajstić information content (AvgIpc) is 2.03. The second kappa shape index (κ2) is 3.61. The average molecular weight is 152 g/mol. The van der Waals surface area contributed by atoms with E-state index in [4.69, 9.17) is 7.10 Å². The van der Waals surface area contributed by atoms with E-state index >= 15 is 0 Å². The van der Waals surface area contributed by atoms with Gasteiger partial charge < -0.3 is 10.5 Å². The monoisotopic (exact) mass is 152 g/mol. The molecule has 0 saturated carbocycles. The molecule has 0 spiro atoms. The van der Waals surface area contributed by atoms with Crippen molar-refractivity contribution in [3.63, 3.8) is 0 Å². The van der Waals surface area contributed by atoms with Gasteiger partial charge in [0.1, 0.15) is 6.61 Å². The third kappa shape index (κ3) is 2.29. The number of hydrogen-bond donors (Lipinski definition) is 1. The molecule has 0 heterocycles. The predicted octanol–water partition coefficient (Wildman–Crippen LogP) is 0.942. The Hall–Kier alpha value is -1.51. The number of hydrogen-bond acceptors (Lipinski definition) is 3. The maximum absolute atomic E-state index is 10.1. The van der Waals surface area contributed by atoms with Gasteiger partial charge in [0.2, 0.25) is 0 Å². The van der Waals surface area contributed by atoms with Crippen molar-refractivity contribution in [1.29, 1.82) is 0 Å². The number of nitrogens with two attached hydrogens (primary N) is 1. The topological polar surface area (TPSA) is 52.3 Å². The highest BCUT2D eigenvalue weighted by molar-refractivity contribution is 5.40. The van der Waals surface area contributed by atoms with E-state index in [2.05, 4.69) is 4.74 Å². The van der Waals surface area contributed by atoms with E-state index in [0.29, 0.717) is 5.69 Å². The number of benzene rings is 1. The molecule has 0 unspecified atom stereocenters. The van der Waals surface area contributed by atoms with Gasteiger partial charge in [-0.15, -0.1) is 0 Å². The summed E-state index contributed by atoms with van der Waals surface area (Å²) in [5, 5.41) is 0. The summed E-state index contributed by atoms with van der Waals surface area (Å²) in [5.74, 6) is 0. The lowest BCUT2D eigenvalue weighted by Gasteiger charge is -1.98. The highest BCUT2D eigenvalue weighted by Gasteiger charge is 1.90. The molecule has 2 N–H and O–H groups in total. The molecule has 0 aromatic heterocycles. The first-order chi connectivity index (χ1) is 5.68. The molecule has 0 aliphatic carbocycles. The summed E-state index contributed by atoms with van der Waals surface area (Å²) in [6, 6.07) is 6.93. The molecule has 58 valence electrons. The fourth-order valence-electron chi connectivity index (χ4n) is 0.727. The first kappa shape index (κ1) is 6.22. The largest absolute Gasteiger partial charge is 0.463 e. The van der Waals surface area contributed by atoms with Crippen LogP contribution in [0.1, 0.15) is 6.93 Å². The van der Waals surface area contributed by atoms with Crippen LogP contribution in [0.4, 0.5) is 5.69 Å². The van der Waals surface area contributed by atoms with Crippen LogP contribution in [0.25, 0.3) is 0 Å². The van der Waals surface area contributed by atoms with Crippen LogP contribution < -0.4 is 5.73 Å². The van der Waals surface area contributed by atoms with Gasteiger partial charge in [-0.25, -0.2) is 0 Å². The normalized spacial score (nSPS) is 10.4. The number of rotatable bonds is 2. The lowest BCUT2D eigenvalue weighted by atomic mass is 10.2. The summed E-state index contributed by atoms with van der Waals surface area (Å²) >= 11 is 0. The Bertz CT molecular complexity index is 271. The highest BCUT2D eigenvalue weighted by Crippen LogP contribution is 2.05. The molecule has 1 rings (SSSR count). The Balaban J connectivity index is 2.53. The van der Waals surface area contributed by atoms with Crippen LogP contribution in [0.2, 0.25) is 0 Å². The molecule has 1 aromatic rings. The van der Waals surface area contributed by atoms with Gasteiger partial charge in [-0.2, -0.15) is 0 Å². The van der Waals surface area contributed by atoms with Crippen molar-refractivity contribution in [3.05, 3.63) is 29.8 Å². The summed E-state index contributed by atoms with van der Waals surface area (Å²) in [6.07, 6.45) is -1.02. The fourth-order valence-corrected chi connectivity index (χ4v) is 0.727. The minimum absolute atomic E-state index is 0.128. The van der Waals surface area contributed by atoms with Crippen molar-refractivity contribution in [3.8, 4) is 0 Å². The van der Waals surface area contributed by atoms with Crippen molar-refractivity contribution in [2.24, 2.45) is 0 Å². The highest BCUT2D eigenvalue weighted by atomic mass is 16.5. The summed E-state index contributed by atoms with van der Waals surface area (Å²) < 4.78 is 10.9. The number of ether oxygens (including phenoxy) is 1. The summed E-state index contributed by atoms with van der Waals surface area (Å²) in [6.45, 7) is 0.128. The Morgan fingerprint density at radius 2 is 2.18 bits per heavy atom. The Morgan fingerprint density at radius 1 is 1.55 bits per heavy atom.